The minimum atomic E-state index is -0.596. The normalized spacial score (nSPS) is 10.8. The number of thioether (sulfide) groups is 1. The SMILES string of the molecule is CCCn1c(SCC(=O)NC(=O)NCCOC)nc2cc(Cl)ccc2c1=O. The highest BCUT2D eigenvalue weighted by Crippen LogP contribution is 2.20. The summed E-state index contributed by atoms with van der Waals surface area (Å²) in [4.78, 5) is 40.7. The summed E-state index contributed by atoms with van der Waals surface area (Å²) in [6.45, 7) is 3.07. The van der Waals surface area contributed by atoms with Crippen molar-refractivity contribution in [2.24, 2.45) is 0 Å². The molecule has 2 rings (SSSR count). The van der Waals surface area contributed by atoms with Gasteiger partial charge in [0.1, 0.15) is 0 Å². The zero-order valence-corrected chi connectivity index (χ0v) is 16.7. The molecule has 1 aromatic heterocycles. The van der Waals surface area contributed by atoms with Crippen molar-refractivity contribution in [2.75, 3.05) is 26.0 Å². The number of amides is 3. The second-order valence-electron chi connectivity index (χ2n) is 5.60. The molecular formula is C17H21ClN4O4S. The van der Waals surface area contributed by atoms with Crippen molar-refractivity contribution in [1.82, 2.24) is 20.2 Å². The number of carbonyl (C=O) groups is 2. The van der Waals surface area contributed by atoms with E-state index in [9.17, 15) is 14.4 Å². The molecule has 0 aliphatic carbocycles. The number of imide groups is 1. The Morgan fingerprint density at radius 3 is 2.85 bits per heavy atom. The standard InChI is InChI=1S/C17H21ClN4O4S/c1-3-7-22-15(24)12-5-4-11(18)9-13(12)20-17(22)27-10-14(23)21-16(25)19-6-8-26-2/h4-5,9H,3,6-8,10H2,1-2H3,(H2,19,21,23,25). The van der Waals surface area contributed by atoms with Crippen molar-refractivity contribution in [1.29, 1.82) is 0 Å². The summed E-state index contributed by atoms with van der Waals surface area (Å²) in [6.07, 6.45) is 0.738. The number of fused-ring (bicyclic) bond motifs is 1. The molecule has 146 valence electrons. The van der Waals surface area contributed by atoms with E-state index in [2.05, 4.69) is 15.6 Å². The molecule has 27 heavy (non-hydrogen) atoms. The molecule has 0 atom stereocenters. The molecule has 0 saturated heterocycles. The molecule has 2 N–H and O–H groups in total. The average molecular weight is 413 g/mol. The molecule has 0 unspecified atom stereocenters. The van der Waals surface area contributed by atoms with Crippen LogP contribution >= 0.6 is 23.4 Å². The number of aromatic nitrogens is 2. The lowest BCUT2D eigenvalue weighted by molar-refractivity contribution is -0.117. The Balaban J connectivity index is 2.12. The van der Waals surface area contributed by atoms with E-state index in [1.807, 2.05) is 6.92 Å². The summed E-state index contributed by atoms with van der Waals surface area (Å²) >= 11 is 7.08. The lowest BCUT2D eigenvalue weighted by Crippen LogP contribution is -2.41. The average Bonchev–Trinajstić information content (AvgIpc) is 2.62. The van der Waals surface area contributed by atoms with Gasteiger partial charge in [-0.2, -0.15) is 0 Å². The monoisotopic (exact) mass is 412 g/mol. The lowest BCUT2D eigenvalue weighted by atomic mass is 10.2. The highest BCUT2D eigenvalue weighted by Gasteiger charge is 2.14. The molecule has 3 amide bonds. The van der Waals surface area contributed by atoms with Crippen LogP contribution in [0.1, 0.15) is 13.3 Å². The Kier molecular flexibility index (Phi) is 8.08. The summed E-state index contributed by atoms with van der Waals surface area (Å²) in [7, 11) is 1.51. The fourth-order valence-corrected chi connectivity index (χ4v) is 3.30. The van der Waals surface area contributed by atoms with Gasteiger partial charge in [-0.3, -0.25) is 19.5 Å². The number of urea groups is 1. The van der Waals surface area contributed by atoms with Crippen LogP contribution in [0.25, 0.3) is 10.9 Å². The Labute approximate surface area is 165 Å². The van der Waals surface area contributed by atoms with Gasteiger partial charge in [-0.25, -0.2) is 9.78 Å². The van der Waals surface area contributed by atoms with Crippen molar-refractivity contribution in [3.8, 4) is 0 Å². The molecule has 1 heterocycles. The maximum Gasteiger partial charge on any atom is 0.321 e. The van der Waals surface area contributed by atoms with Crippen molar-refractivity contribution in [3.05, 3.63) is 33.6 Å². The van der Waals surface area contributed by atoms with Crippen LogP contribution in [0.4, 0.5) is 4.79 Å². The van der Waals surface area contributed by atoms with Gasteiger partial charge < -0.3 is 10.1 Å². The molecule has 0 spiro atoms. The second kappa shape index (κ2) is 10.3. The maximum atomic E-state index is 12.7. The van der Waals surface area contributed by atoms with Gasteiger partial charge in [0.05, 0.1) is 23.3 Å². The molecule has 0 radical (unpaired) electrons. The smallest absolute Gasteiger partial charge is 0.321 e. The largest absolute Gasteiger partial charge is 0.383 e. The molecule has 2 aromatic rings. The third kappa shape index (κ3) is 5.95. The third-order valence-electron chi connectivity index (χ3n) is 3.51. The first-order chi connectivity index (χ1) is 13.0. The molecule has 0 bridgehead atoms. The highest BCUT2D eigenvalue weighted by molar-refractivity contribution is 7.99. The van der Waals surface area contributed by atoms with Gasteiger partial charge in [-0.15, -0.1) is 0 Å². The minimum absolute atomic E-state index is 0.0556. The third-order valence-corrected chi connectivity index (χ3v) is 4.72. The number of nitrogens with zero attached hydrogens (tertiary/aromatic N) is 2. The number of hydrogen-bond acceptors (Lipinski definition) is 6. The van der Waals surface area contributed by atoms with E-state index >= 15 is 0 Å². The fraction of sp³-hybridized carbons (Fsp3) is 0.412. The summed E-state index contributed by atoms with van der Waals surface area (Å²) < 4.78 is 6.35. The van der Waals surface area contributed by atoms with E-state index in [1.54, 1.807) is 18.2 Å². The molecular weight excluding hydrogens is 392 g/mol. The zero-order valence-electron chi connectivity index (χ0n) is 15.1. The van der Waals surface area contributed by atoms with E-state index in [-0.39, 0.29) is 11.3 Å². The number of halogens is 1. The number of nitrogens with one attached hydrogen (secondary N) is 2. The Morgan fingerprint density at radius 1 is 1.37 bits per heavy atom. The summed E-state index contributed by atoms with van der Waals surface area (Å²) in [5.74, 6) is -0.543. The first kappa shape index (κ1) is 21.2. The number of benzene rings is 1. The molecule has 8 nitrogen and oxygen atoms in total. The highest BCUT2D eigenvalue weighted by atomic mass is 35.5. The quantitative estimate of drug-likeness (QED) is 0.390. The van der Waals surface area contributed by atoms with Crippen LogP contribution < -0.4 is 16.2 Å². The first-order valence-corrected chi connectivity index (χ1v) is 9.72. The van der Waals surface area contributed by atoms with Gasteiger partial charge >= 0.3 is 6.03 Å². The predicted molar refractivity (Wildman–Crippen MR) is 105 cm³/mol. The summed E-state index contributed by atoms with van der Waals surface area (Å²) in [6, 6.07) is 4.31. The van der Waals surface area contributed by atoms with E-state index in [1.165, 1.54) is 11.7 Å². The van der Waals surface area contributed by atoms with Crippen molar-refractivity contribution < 1.29 is 14.3 Å². The number of ether oxygens (including phenoxy) is 1. The summed E-state index contributed by atoms with van der Waals surface area (Å²) in [5, 5.41) is 6.07. The first-order valence-electron chi connectivity index (χ1n) is 8.35. The Bertz CT molecular complexity index is 887. The number of hydrogen-bond donors (Lipinski definition) is 2. The molecule has 10 heteroatoms. The lowest BCUT2D eigenvalue weighted by Gasteiger charge is -2.12. The number of carbonyl (C=O) groups excluding carboxylic acids is 2. The van der Waals surface area contributed by atoms with Crippen LogP contribution in [0.3, 0.4) is 0 Å². The van der Waals surface area contributed by atoms with Gasteiger partial charge in [0.25, 0.3) is 5.56 Å². The maximum absolute atomic E-state index is 12.7. The van der Waals surface area contributed by atoms with Gasteiger partial charge in [0.15, 0.2) is 5.16 Å². The van der Waals surface area contributed by atoms with Gasteiger partial charge in [-0.1, -0.05) is 30.3 Å². The van der Waals surface area contributed by atoms with E-state index < -0.39 is 11.9 Å². The second-order valence-corrected chi connectivity index (χ2v) is 6.98. The summed E-state index contributed by atoms with van der Waals surface area (Å²) in [5.41, 5.74) is 0.291. The zero-order chi connectivity index (χ0) is 19.8. The minimum Gasteiger partial charge on any atom is -0.383 e. The van der Waals surface area contributed by atoms with Crippen molar-refractivity contribution in [2.45, 2.75) is 25.0 Å². The van der Waals surface area contributed by atoms with Crippen molar-refractivity contribution >= 4 is 46.2 Å². The van der Waals surface area contributed by atoms with Gasteiger partial charge in [0, 0.05) is 25.2 Å². The topological polar surface area (TPSA) is 102 Å². The predicted octanol–water partition coefficient (Wildman–Crippen LogP) is 2.02. The van der Waals surface area contributed by atoms with Crippen LogP contribution in [0, 0.1) is 0 Å². The van der Waals surface area contributed by atoms with Crippen LogP contribution in [0.2, 0.25) is 5.02 Å². The van der Waals surface area contributed by atoms with Gasteiger partial charge in [0.2, 0.25) is 5.91 Å². The number of rotatable bonds is 8. The fourth-order valence-electron chi connectivity index (χ4n) is 2.31. The Morgan fingerprint density at radius 2 is 2.15 bits per heavy atom. The molecule has 0 saturated carbocycles. The molecule has 0 aliphatic rings. The molecule has 0 fully saturated rings. The van der Waals surface area contributed by atoms with Crippen LogP contribution in [0.15, 0.2) is 28.2 Å². The van der Waals surface area contributed by atoms with E-state index in [0.717, 1.165) is 18.2 Å². The van der Waals surface area contributed by atoms with Crippen LogP contribution in [0.5, 0.6) is 0 Å². The van der Waals surface area contributed by atoms with Gasteiger partial charge in [-0.05, 0) is 24.6 Å². The Hall–Kier alpha value is -2.10. The van der Waals surface area contributed by atoms with E-state index in [0.29, 0.717) is 40.8 Å². The van der Waals surface area contributed by atoms with Crippen LogP contribution in [-0.4, -0.2) is 47.5 Å². The molecule has 0 aliphatic heterocycles. The van der Waals surface area contributed by atoms with E-state index in [4.69, 9.17) is 16.3 Å². The van der Waals surface area contributed by atoms with Crippen LogP contribution in [-0.2, 0) is 16.1 Å². The van der Waals surface area contributed by atoms with Crippen molar-refractivity contribution in [3.63, 3.8) is 0 Å². The number of methoxy groups -OCH3 is 1. The molecule has 1 aromatic carbocycles.